The number of anilines is 2. The van der Waals surface area contributed by atoms with E-state index in [2.05, 4.69) is 15.6 Å². The summed E-state index contributed by atoms with van der Waals surface area (Å²) >= 11 is 7.78. The number of benzene rings is 2. The third-order valence-corrected chi connectivity index (χ3v) is 5.91. The van der Waals surface area contributed by atoms with E-state index in [4.69, 9.17) is 16.6 Å². The van der Waals surface area contributed by atoms with Gasteiger partial charge < -0.3 is 10.2 Å². The molecule has 1 amide bonds. The van der Waals surface area contributed by atoms with Crippen molar-refractivity contribution in [3.63, 3.8) is 0 Å². The topological polar surface area (TPSA) is 45.2 Å². The predicted octanol–water partition coefficient (Wildman–Crippen LogP) is 5.71. The van der Waals surface area contributed by atoms with Crippen LogP contribution in [-0.2, 0) is 0 Å². The molecular formula is C21H20ClN3OS. The number of hydrogen-bond donors (Lipinski definition) is 1. The number of hydrogen-bond acceptors (Lipinski definition) is 4. The van der Waals surface area contributed by atoms with E-state index in [1.54, 1.807) is 35.6 Å². The Bertz CT molecular complexity index is 933. The van der Waals surface area contributed by atoms with E-state index in [1.807, 2.05) is 24.3 Å². The summed E-state index contributed by atoms with van der Waals surface area (Å²) in [5, 5.41) is 6.53. The molecule has 0 spiro atoms. The van der Waals surface area contributed by atoms with Crippen molar-refractivity contribution in [2.75, 3.05) is 23.3 Å². The lowest BCUT2D eigenvalue weighted by molar-refractivity contribution is 0.102. The molecule has 1 aliphatic heterocycles. The summed E-state index contributed by atoms with van der Waals surface area (Å²) < 4.78 is 0. The van der Waals surface area contributed by atoms with E-state index in [1.165, 1.54) is 19.3 Å². The molecule has 1 aromatic heterocycles. The van der Waals surface area contributed by atoms with Crippen LogP contribution in [0.2, 0.25) is 5.02 Å². The molecule has 3 aromatic rings. The number of nitrogens with one attached hydrogen (secondary N) is 1. The highest BCUT2D eigenvalue weighted by Gasteiger charge is 2.15. The standard InChI is InChI=1S/C21H20ClN3OS/c22-18-7-3-2-6-17(18)20(26)23-16-10-8-15(9-11-16)19-14-27-21(24-19)25-12-4-1-5-13-25/h2-3,6-11,14H,1,4-5,12-13H2,(H,23,26). The molecule has 27 heavy (non-hydrogen) atoms. The smallest absolute Gasteiger partial charge is 0.257 e. The molecule has 1 saturated heterocycles. The molecule has 0 bridgehead atoms. The van der Waals surface area contributed by atoms with Gasteiger partial charge >= 0.3 is 0 Å². The highest BCUT2D eigenvalue weighted by atomic mass is 35.5. The van der Waals surface area contributed by atoms with Crippen LogP contribution in [0, 0.1) is 0 Å². The van der Waals surface area contributed by atoms with Crippen LogP contribution in [0.4, 0.5) is 10.8 Å². The summed E-state index contributed by atoms with van der Waals surface area (Å²) in [6.45, 7) is 2.19. The van der Waals surface area contributed by atoms with Gasteiger partial charge in [0, 0.05) is 29.7 Å². The minimum Gasteiger partial charge on any atom is -0.348 e. The minimum absolute atomic E-state index is 0.214. The highest BCUT2D eigenvalue weighted by molar-refractivity contribution is 7.14. The molecule has 0 atom stereocenters. The Hall–Kier alpha value is -2.37. The first-order valence-electron chi connectivity index (χ1n) is 9.07. The lowest BCUT2D eigenvalue weighted by Gasteiger charge is -2.25. The lowest BCUT2D eigenvalue weighted by Crippen LogP contribution is -2.29. The maximum Gasteiger partial charge on any atom is 0.257 e. The number of rotatable bonds is 4. The van der Waals surface area contributed by atoms with Gasteiger partial charge in [0.05, 0.1) is 16.3 Å². The van der Waals surface area contributed by atoms with Crippen LogP contribution in [0.25, 0.3) is 11.3 Å². The van der Waals surface area contributed by atoms with Gasteiger partial charge in [-0.1, -0.05) is 35.9 Å². The summed E-state index contributed by atoms with van der Waals surface area (Å²) in [7, 11) is 0. The maximum absolute atomic E-state index is 12.4. The molecular weight excluding hydrogens is 378 g/mol. The molecule has 0 aliphatic carbocycles. The molecule has 0 saturated carbocycles. The van der Waals surface area contributed by atoms with Crippen LogP contribution >= 0.6 is 22.9 Å². The first-order valence-corrected chi connectivity index (χ1v) is 10.3. The van der Waals surface area contributed by atoms with Crippen molar-refractivity contribution in [3.05, 3.63) is 64.5 Å². The number of carbonyl (C=O) groups is 1. The number of piperidine rings is 1. The van der Waals surface area contributed by atoms with Crippen molar-refractivity contribution >= 4 is 39.7 Å². The zero-order valence-electron chi connectivity index (χ0n) is 14.8. The Balaban J connectivity index is 1.45. The second-order valence-corrected chi connectivity index (χ2v) is 7.82. The van der Waals surface area contributed by atoms with Crippen molar-refractivity contribution in [1.82, 2.24) is 4.98 Å². The summed E-state index contributed by atoms with van der Waals surface area (Å²) in [5.41, 5.74) is 3.22. The van der Waals surface area contributed by atoms with E-state index in [9.17, 15) is 4.79 Å². The normalized spacial score (nSPS) is 14.2. The molecule has 0 radical (unpaired) electrons. The average molecular weight is 398 g/mol. The molecule has 4 rings (SSSR count). The Morgan fingerprint density at radius 1 is 1.04 bits per heavy atom. The second kappa shape index (κ2) is 8.11. The van der Waals surface area contributed by atoms with Crippen molar-refractivity contribution in [2.24, 2.45) is 0 Å². The van der Waals surface area contributed by atoms with Crippen LogP contribution in [-0.4, -0.2) is 24.0 Å². The van der Waals surface area contributed by atoms with Crippen LogP contribution in [0.15, 0.2) is 53.9 Å². The zero-order chi connectivity index (χ0) is 18.6. The van der Waals surface area contributed by atoms with Crippen molar-refractivity contribution in [2.45, 2.75) is 19.3 Å². The lowest BCUT2D eigenvalue weighted by atomic mass is 10.1. The summed E-state index contributed by atoms with van der Waals surface area (Å²) in [6, 6.07) is 14.8. The van der Waals surface area contributed by atoms with Gasteiger partial charge in [-0.15, -0.1) is 11.3 Å². The second-order valence-electron chi connectivity index (χ2n) is 6.57. The number of aromatic nitrogens is 1. The first-order chi connectivity index (χ1) is 13.2. The third kappa shape index (κ3) is 4.15. The van der Waals surface area contributed by atoms with Crippen LogP contribution in [0.5, 0.6) is 0 Å². The van der Waals surface area contributed by atoms with E-state index < -0.39 is 0 Å². The molecule has 1 fully saturated rings. The van der Waals surface area contributed by atoms with Gasteiger partial charge in [-0.3, -0.25) is 4.79 Å². The van der Waals surface area contributed by atoms with Crippen molar-refractivity contribution < 1.29 is 4.79 Å². The number of amides is 1. The summed E-state index contributed by atoms with van der Waals surface area (Å²) in [5.74, 6) is -0.214. The fourth-order valence-corrected chi connectivity index (χ4v) is 4.31. The quantitative estimate of drug-likeness (QED) is 0.613. The number of nitrogens with zero attached hydrogens (tertiary/aromatic N) is 2. The molecule has 1 N–H and O–H groups in total. The average Bonchev–Trinajstić information content (AvgIpc) is 3.20. The van der Waals surface area contributed by atoms with Gasteiger partial charge in [0.1, 0.15) is 0 Å². The van der Waals surface area contributed by atoms with Crippen molar-refractivity contribution in [3.8, 4) is 11.3 Å². The van der Waals surface area contributed by atoms with E-state index in [-0.39, 0.29) is 5.91 Å². The Morgan fingerprint density at radius 3 is 2.52 bits per heavy atom. The van der Waals surface area contributed by atoms with Gasteiger partial charge in [-0.2, -0.15) is 0 Å². The Labute approximate surface area is 167 Å². The van der Waals surface area contributed by atoms with E-state index in [0.29, 0.717) is 10.6 Å². The van der Waals surface area contributed by atoms with E-state index in [0.717, 1.165) is 35.2 Å². The van der Waals surface area contributed by atoms with Crippen LogP contribution < -0.4 is 10.2 Å². The molecule has 2 aromatic carbocycles. The van der Waals surface area contributed by atoms with Gasteiger partial charge in [-0.05, 0) is 43.5 Å². The molecule has 6 heteroatoms. The van der Waals surface area contributed by atoms with Gasteiger partial charge in [-0.25, -0.2) is 4.98 Å². The SMILES string of the molecule is O=C(Nc1ccc(-c2csc(N3CCCCC3)n2)cc1)c1ccccc1Cl. The highest BCUT2D eigenvalue weighted by Crippen LogP contribution is 2.30. The van der Waals surface area contributed by atoms with Gasteiger partial charge in [0.25, 0.3) is 5.91 Å². The largest absolute Gasteiger partial charge is 0.348 e. The molecule has 1 aliphatic rings. The zero-order valence-corrected chi connectivity index (χ0v) is 16.4. The van der Waals surface area contributed by atoms with Gasteiger partial charge in [0.15, 0.2) is 5.13 Å². The molecule has 4 nitrogen and oxygen atoms in total. The van der Waals surface area contributed by atoms with Gasteiger partial charge in [0.2, 0.25) is 0 Å². The molecule has 2 heterocycles. The number of halogens is 1. The third-order valence-electron chi connectivity index (χ3n) is 4.68. The first kappa shape index (κ1) is 18.0. The molecule has 138 valence electrons. The van der Waals surface area contributed by atoms with E-state index >= 15 is 0 Å². The predicted molar refractivity (Wildman–Crippen MR) is 113 cm³/mol. The van der Waals surface area contributed by atoms with Crippen LogP contribution in [0.3, 0.4) is 0 Å². The summed E-state index contributed by atoms with van der Waals surface area (Å²) in [6.07, 6.45) is 3.81. The summed E-state index contributed by atoms with van der Waals surface area (Å²) in [4.78, 5) is 19.5. The Kier molecular flexibility index (Phi) is 5.41. The minimum atomic E-state index is -0.214. The molecule has 0 unspecified atom stereocenters. The maximum atomic E-state index is 12.4. The van der Waals surface area contributed by atoms with Crippen LogP contribution in [0.1, 0.15) is 29.6 Å². The van der Waals surface area contributed by atoms with Crippen molar-refractivity contribution in [1.29, 1.82) is 0 Å². The fourth-order valence-electron chi connectivity index (χ4n) is 3.20. The fraction of sp³-hybridized carbons (Fsp3) is 0.238. The number of thiazole rings is 1. The Morgan fingerprint density at radius 2 is 1.78 bits per heavy atom. The monoisotopic (exact) mass is 397 g/mol. The number of carbonyl (C=O) groups excluding carboxylic acids is 1.